The lowest BCUT2D eigenvalue weighted by Gasteiger charge is -2.12. The quantitative estimate of drug-likeness (QED) is 0.812. The van der Waals surface area contributed by atoms with E-state index in [0.717, 1.165) is 0 Å². The summed E-state index contributed by atoms with van der Waals surface area (Å²) in [6, 6.07) is 2.54. The second-order valence-corrected chi connectivity index (χ2v) is 4.92. The van der Waals surface area contributed by atoms with Crippen LogP contribution in [0.4, 0.5) is 0 Å². The number of nitrogens with zero attached hydrogens (tertiary/aromatic N) is 1. The summed E-state index contributed by atoms with van der Waals surface area (Å²) in [4.78, 5) is 27.2. The minimum Gasteiger partial charge on any atom is -0.480 e. The summed E-state index contributed by atoms with van der Waals surface area (Å²) >= 11 is 0. The van der Waals surface area contributed by atoms with Crippen LogP contribution in [0.15, 0.2) is 27.2 Å². The first-order chi connectivity index (χ1) is 10.5. The van der Waals surface area contributed by atoms with Gasteiger partial charge in [0.25, 0.3) is 5.89 Å². The van der Waals surface area contributed by atoms with Crippen LogP contribution in [0.1, 0.15) is 31.2 Å². The Morgan fingerprint density at radius 2 is 2.23 bits per heavy atom. The topological polar surface area (TPSA) is 106 Å². The summed E-state index contributed by atoms with van der Waals surface area (Å²) in [5.74, 6) is -0.159. The minimum absolute atomic E-state index is 0.0382. The van der Waals surface area contributed by atoms with Crippen molar-refractivity contribution >= 4 is 11.9 Å². The van der Waals surface area contributed by atoms with E-state index in [2.05, 4.69) is 10.3 Å². The molecular weight excluding hydrogens is 288 g/mol. The molecule has 7 nitrogen and oxygen atoms in total. The molecule has 0 bridgehead atoms. The molecule has 1 unspecified atom stereocenters. The van der Waals surface area contributed by atoms with Crippen molar-refractivity contribution in [2.45, 2.75) is 39.2 Å². The van der Waals surface area contributed by atoms with Crippen LogP contribution < -0.4 is 5.32 Å². The zero-order chi connectivity index (χ0) is 16.1. The predicted octanol–water partition coefficient (Wildman–Crippen LogP) is 2.16. The summed E-state index contributed by atoms with van der Waals surface area (Å²) in [6.07, 6.45) is 2.52. The Balaban J connectivity index is 2.04. The van der Waals surface area contributed by atoms with Crippen LogP contribution in [0.3, 0.4) is 0 Å². The minimum atomic E-state index is -1.04. The molecule has 0 fully saturated rings. The van der Waals surface area contributed by atoms with Gasteiger partial charge in [-0.1, -0.05) is 13.3 Å². The van der Waals surface area contributed by atoms with E-state index in [1.807, 2.05) is 6.92 Å². The molecule has 1 amide bonds. The number of carboxylic acids is 1. The molecule has 0 aliphatic heterocycles. The van der Waals surface area contributed by atoms with Gasteiger partial charge in [-0.3, -0.25) is 4.79 Å². The van der Waals surface area contributed by atoms with Crippen LogP contribution in [-0.4, -0.2) is 28.0 Å². The van der Waals surface area contributed by atoms with Crippen LogP contribution in [0, 0.1) is 6.92 Å². The number of oxazole rings is 1. The Labute approximate surface area is 127 Å². The molecule has 7 heteroatoms. The predicted molar refractivity (Wildman–Crippen MR) is 77.1 cm³/mol. The Bertz CT molecular complexity index is 645. The van der Waals surface area contributed by atoms with Crippen LogP contribution >= 0.6 is 0 Å². The van der Waals surface area contributed by atoms with E-state index in [1.165, 1.54) is 6.26 Å². The molecule has 2 aromatic rings. The van der Waals surface area contributed by atoms with E-state index in [4.69, 9.17) is 13.9 Å². The number of hydrogen-bond acceptors (Lipinski definition) is 5. The van der Waals surface area contributed by atoms with Crippen molar-refractivity contribution in [2.75, 3.05) is 0 Å². The fourth-order valence-electron chi connectivity index (χ4n) is 2.04. The average molecular weight is 306 g/mol. The van der Waals surface area contributed by atoms with Crippen molar-refractivity contribution in [3.63, 3.8) is 0 Å². The highest BCUT2D eigenvalue weighted by atomic mass is 16.4. The zero-order valence-electron chi connectivity index (χ0n) is 12.5. The molecule has 2 N–H and O–H groups in total. The maximum Gasteiger partial charge on any atom is 0.326 e. The first-order valence-electron chi connectivity index (χ1n) is 7.03. The van der Waals surface area contributed by atoms with E-state index in [1.54, 1.807) is 19.1 Å². The van der Waals surface area contributed by atoms with Crippen LogP contribution in [0.25, 0.3) is 11.7 Å². The lowest BCUT2D eigenvalue weighted by atomic mass is 10.1. The van der Waals surface area contributed by atoms with Crippen molar-refractivity contribution in [1.29, 1.82) is 0 Å². The van der Waals surface area contributed by atoms with E-state index < -0.39 is 17.9 Å². The van der Waals surface area contributed by atoms with E-state index >= 15 is 0 Å². The van der Waals surface area contributed by atoms with Gasteiger partial charge in [0.05, 0.1) is 18.4 Å². The Morgan fingerprint density at radius 3 is 2.82 bits per heavy atom. The van der Waals surface area contributed by atoms with Crippen molar-refractivity contribution in [3.05, 3.63) is 29.9 Å². The highest BCUT2D eigenvalue weighted by Gasteiger charge is 2.21. The second kappa shape index (κ2) is 6.93. The number of carboxylic acid groups (broad SMARTS) is 1. The van der Waals surface area contributed by atoms with E-state index in [0.29, 0.717) is 35.9 Å². The van der Waals surface area contributed by atoms with Crippen LogP contribution in [0.2, 0.25) is 0 Å². The molecule has 0 spiro atoms. The van der Waals surface area contributed by atoms with Crippen molar-refractivity contribution in [3.8, 4) is 11.7 Å². The molecule has 0 aromatic carbocycles. The van der Waals surface area contributed by atoms with Gasteiger partial charge in [-0.2, -0.15) is 0 Å². The Kier molecular flexibility index (Phi) is 4.98. The number of carbonyl (C=O) groups excluding carboxylic acids is 1. The maximum absolute atomic E-state index is 12.0. The fourth-order valence-corrected chi connectivity index (χ4v) is 2.04. The Hall–Kier alpha value is -2.57. The largest absolute Gasteiger partial charge is 0.480 e. The van der Waals surface area contributed by atoms with Gasteiger partial charge in [-0.15, -0.1) is 0 Å². The monoisotopic (exact) mass is 306 g/mol. The Morgan fingerprint density at radius 1 is 1.45 bits per heavy atom. The van der Waals surface area contributed by atoms with Gasteiger partial charge < -0.3 is 19.3 Å². The van der Waals surface area contributed by atoms with E-state index in [-0.39, 0.29) is 6.42 Å². The smallest absolute Gasteiger partial charge is 0.326 e. The van der Waals surface area contributed by atoms with Gasteiger partial charge in [0, 0.05) is 0 Å². The third-order valence-corrected chi connectivity index (χ3v) is 3.16. The standard InChI is InChI=1S/C15H18N2O5/c1-3-5-10(15(19)20)16-13(18)8-11-9(2)22-14(17-11)12-6-4-7-21-12/h4,6-7,10H,3,5,8H2,1-2H3,(H,16,18)(H,19,20). The number of carbonyl (C=O) groups is 2. The second-order valence-electron chi connectivity index (χ2n) is 4.92. The molecule has 0 saturated carbocycles. The maximum atomic E-state index is 12.0. The molecule has 0 aliphatic rings. The number of furan rings is 1. The number of aromatic nitrogens is 1. The highest BCUT2D eigenvalue weighted by molar-refractivity contribution is 5.84. The summed E-state index contributed by atoms with van der Waals surface area (Å²) in [5, 5.41) is 11.5. The SMILES string of the molecule is CCCC(NC(=O)Cc1nc(-c2ccco2)oc1C)C(=O)O. The lowest BCUT2D eigenvalue weighted by Crippen LogP contribution is -2.41. The molecule has 0 radical (unpaired) electrons. The van der Waals surface area contributed by atoms with Crippen molar-refractivity contribution < 1.29 is 23.5 Å². The number of nitrogens with one attached hydrogen (secondary N) is 1. The molecular formula is C15H18N2O5. The summed E-state index contributed by atoms with van der Waals surface area (Å²) in [5.41, 5.74) is 0.463. The summed E-state index contributed by atoms with van der Waals surface area (Å²) in [6.45, 7) is 3.56. The molecule has 22 heavy (non-hydrogen) atoms. The molecule has 2 aromatic heterocycles. The molecule has 118 valence electrons. The van der Waals surface area contributed by atoms with Crippen molar-refractivity contribution in [2.24, 2.45) is 0 Å². The molecule has 1 atom stereocenters. The number of aliphatic carboxylic acids is 1. The summed E-state index contributed by atoms with van der Waals surface area (Å²) < 4.78 is 10.6. The third-order valence-electron chi connectivity index (χ3n) is 3.16. The van der Waals surface area contributed by atoms with Gasteiger partial charge in [0.15, 0.2) is 5.76 Å². The number of amides is 1. The number of rotatable bonds is 7. The van der Waals surface area contributed by atoms with Gasteiger partial charge >= 0.3 is 5.97 Å². The number of hydrogen-bond donors (Lipinski definition) is 2. The normalized spacial score (nSPS) is 12.1. The highest BCUT2D eigenvalue weighted by Crippen LogP contribution is 2.22. The van der Waals surface area contributed by atoms with Crippen LogP contribution in [0.5, 0.6) is 0 Å². The van der Waals surface area contributed by atoms with Gasteiger partial charge in [-0.05, 0) is 25.5 Å². The van der Waals surface area contributed by atoms with Gasteiger partial charge in [-0.25, -0.2) is 9.78 Å². The van der Waals surface area contributed by atoms with Crippen LogP contribution in [-0.2, 0) is 16.0 Å². The molecule has 0 saturated heterocycles. The van der Waals surface area contributed by atoms with Gasteiger partial charge in [0.1, 0.15) is 11.8 Å². The first-order valence-corrected chi connectivity index (χ1v) is 7.03. The van der Waals surface area contributed by atoms with Crippen molar-refractivity contribution in [1.82, 2.24) is 10.3 Å². The first kappa shape index (κ1) is 15.8. The molecule has 2 heterocycles. The molecule has 0 aliphatic carbocycles. The lowest BCUT2D eigenvalue weighted by molar-refractivity contribution is -0.141. The number of aryl methyl sites for hydroxylation is 1. The fraction of sp³-hybridized carbons (Fsp3) is 0.400. The van der Waals surface area contributed by atoms with E-state index in [9.17, 15) is 9.59 Å². The summed E-state index contributed by atoms with van der Waals surface area (Å²) in [7, 11) is 0. The third kappa shape index (κ3) is 3.75. The van der Waals surface area contributed by atoms with Gasteiger partial charge in [0.2, 0.25) is 5.91 Å². The zero-order valence-corrected chi connectivity index (χ0v) is 12.5. The average Bonchev–Trinajstić information content (AvgIpc) is 3.08. The molecule has 2 rings (SSSR count).